The van der Waals surface area contributed by atoms with Gasteiger partial charge in [-0.15, -0.1) is 0 Å². The first-order valence-electron chi connectivity index (χ1n) is 10.4. The van der Waals surface area contributed by atoms with E-state index in [1.807, 2.05) is 23.7 Å². The van der Waals surface area contributed by atoms with Gasteiger partial charge in [-0.2, -0.15) is 0 Å². The molecule has 0 bridgehead atoms. The molecular weight excluding hydrogens is 455 g/mol. The number of hydrogen-bond donors (Lipinski definition) is 0. The molecule has 1 fully saturated rings. The lowest BCUT2D eigenvalue weighted by Gasteiger charge is -2.31. The van der Waals surface area contributed by atoms with Crippen molar-refractivity contribution in [2.75, 3.05) is 26.3 Å². The molecule has 0 spiro atoms. The average Bonchev–Trinajstić information content (AvgIpc) is 3.07. The fourth-order valence-electron chi connectivity index (χ4n) is 4.06. The van der Waals surface area contributed by atoms with Gasteiger partial charge in [-0.25, -0.2) is 13.8 Å². The summed E-state index contributed by atoms with van der Waals surface area (Å²) in [5.74, 6) is -2.23. The van der Waals surface area contributed by atoms with Crippen LogP contribution in [0.25, 0.3) is 16.7 Å². The van der Waals surface area contributed by atoms with Gasteiger partial charge in [0.25, 0.3) is 5.92 Å². The Kier molecular flexibility index (Phi) is 6.23. The van der Waals surface area contributed by atoms with Crippen molar-refractivity contribution < 1.29 is 13.5 Å². The van der Waals surface area contributed by atoms with E-state index in [-0.39, 0.29) is 5.56 Å². The molecule has 170 valence electrons. The van der Waals surface area contributed by atoms with Crippen molar-refractivity contribution in [3.8, 4) is 0 Å². The molecule has 0 saturated carbocycles. The highest BCUT2D eigenvalue weighted by molar-refractivity contribution is 6.37. The minimum atomic E-state index is -2.93. The van der Waals surface area contributed by atoms with Gasteiger partial charge in [-0.3, -0.25) is 0 Å². The minimum Gasteiger partial charge on any atom is -0.378 e. The van der Waals surface area contributed by atoms with Crippen LogP contribution in [0.15, 0.2) is 30.8 Å². The van der Waals surface area contributed by atoms with Crippen LogP contribution in [-0.4, -0.2) is 40.8 Å². The molecule has 1 aromatic heterocycles. The van der Waals surface area contributed by atoms with Gasteiger partial charge in [0.05, 0.1) is 29.3 Å². The van der Waals surface area contributed by atoms with E-state index in [1.165, 1.54) is 12.1 Å². The smallest absolute Gasteiger partial charge is 0.270 e. The maximum absolute atomic E-state index is 13.9. The lowest BCUT2D eigenvalue weighted by molar-refractivity contribution is 0.0175. The molecule has 1 aliphatic rings. The number of fused-ring (bicyclic) bond motifs is 1. The Morgan fingerprint density at radius 2 is 1.91 bits per heavy atom. The summed E-state index contributed by atoms with van der Waals surface area (Å²) in [5.41, 5.74) is 4.39. The van der Waals surface area contributed by atoms with E-state index in [4.69, 9.17) is 32.9 Å². The van der Waals surface area contributed by atoms with E-state index >= 15 is 0 Å². The third-order valence-electron chi connectivity index (χ3n) is 6.00. The van der Waals surface area contributed by atoms with Crippen LogP contribution >= 0.6 is 23.2 Å². The summed E-state index contributed by atoms with van der Waals surface area (Å²) in [6, 6.07) is 6.68. The second kappa shape index (κ2) is 8.65. The fourth-order valence-corrected chi connectivity index (χ4v) is 4.67. The zero-order valence-electron chi connectivity index (χ0n) is 18.3. The molecule has 2 aromatic carbocycles. The number of aryl methyl sites for hydroxylation is 2. The van der Waals surface area contributed by atoms with Crippen LogP contribution in [0.2, 0.25) is 10.0 Å². The molecule has 32 heavy (non-hydrogen) atoms. The van der Waals surface area contributed by atoms with Crippen molar-refractivity contribution >= 4 is 39.9 Å². The summed E-state index contributed by atoms with van der Waals surface area (Å²) < 4.78 is 35.1. The van der Waals surface area contributed by atoms with Gasteiger partial charge < -0.3 is 14.2 Å². The Hall–Kier alpha value is -2.15. The first kappa shape index (κ1) is 23.0. The van der Waals surface area contributed by atoms with E-state index in [0.29, 0.717) is 52.1 Å². The summed E-state index contributed by atoms with van der Waals surface area (Å²) in [4.78, 5) is 6.87. The molecular formula is C24H25Cl2F2N3O. The largest absolute Gasteiger partial charge is 0.378 e. The Labute approximate surface area is 196 Å². The predicted octanol–water partition coefficient (Wildman–Crippen LogP) is 6.19. The van der Waals surface area contributed by atoms with E-state index in [0.717, 1.165) is 36.8 Å². The number of alkyl halides is 2. The molecule has 4 nitrogen and oxygen atoms in total. The number of rotatable bonds is 5. The number of benzene rings is 2. The standard InChI is InChI=1S/C24H25Cl2F2N3O/c1-14-11-16(24(3,27)28)12-20-23(14)29-21(30(20)4)13-18-19(25)6-5-17(22(18)26)15(2)31-7-9-32-10-8-31/h5-6,11-12H,2,7-10,13H2,1,3-4H3. The highest BCUT2D eigenvalue weighted by Crippen LogP contribution is 2.36. The van der Waals surface area contributed by atoms with Crippen LogP contribution in [-0.2, 0) is 24.1 Å². The second-order valence-electron chi connectivity index (χ2n) is 8.25. The third-order valence-corrected chi connectivity index (χ3v) is 6.79. The van der Waals surface area contributed by atoms with Gasteiger partial charge in [0.15, 0.2) is 0 Å². The normalized spacial score (nSPS) is 14.9. The summed E-state index contributed by atoms with van der Waals surface area (Å²) in [6.45, 7) is 9.73. The van der Waals surface area contributed by atoms with Gasteiger partial charge in [0.2, 0.25) is 0 Å². The third kappa shape index (κ3) is 4.24. The predicted molar refractivity (Wildman–Crippen MR) is 126 cm³/mol. The van der Waals surface area contributed by atoms with Crippen molar-refractivity contribution in [3.63, 3.8) is 0 Å². The Morgan fingerprint density at radius 3 is 2.56 bits per heavy atom. The van der Waals surface area contributed by atoms with Gasteiger partial charge in [0.1, 0.15) is 5.82 Å². The van der Waals surface area contributed by atoms with Gasteiger partial charge in [-0.05, 0) is 42.3 Å². The molecule has 1 aliphatic heterocycles. The van der Waals surface area contributed by atoms with E-state index < -0.39 is 5.92 Å². The Morgan fingerprint density at radius 1 is 1.22 bits per heavy atom. The lowest BCUT2D eigenvalue weighted by atomic mass is 10.0. The molecule has 1 saturated heterocycles. The quantitative estimate of drug-likeness (QED) is 0.436. The van der Waals surface area contributed by atoms with Crippen LogP contribution < -0.4 is 0 Å². The molecule has 4 rings (SSSR count). The molecule has 0 aliphatic carbocycles. The van der Waals surface area contributed by atoms with E-state index in [2.05, 4.69) is 11.5 Å². The minimum absolute atomic E-state index is 0.0306. The van der Waals surface area contributed by atoms with Crippen LogP contribution in [0.1, 0.15) is 35.0 Å². The van der Waals surface area contributed by atoms with Crippen molar-refractivity contribution in [1.82, 2.24) is 14.5 Å². The van der Waals surface area contributed by atoms with Crippen molar-refractivity contribution in [1.29, 1.82) is 0 Å². The maximum atomic E-state index is 13.9. The van der Waals surface area contributed by atoms with Crippen LogP contribution in [0.5, 0.6) is 0 Å². The molecule has 0 amide bonds. The summed E-state index contributed by atoms with van der Waals surface area (Å²) in [7, 11) is 1.82. The van der Waals surface area contributed by atoms with Crippen LogP contribution in [0.3, 0.4) is 0 Å². The molecule has 0 N–H and O–H groups in total. The lowest BCUT2D eigenvalue weighted by Crippen LogP contribution is -2.34. The van der Waals surface area contributed by atoms with Crippen LogP contribution in [0, 0.1) is 6.92 Å². The van der Waals surface area contributed by atoms with Crippen molar-refractivity contribution in [3.05, 3.63) is 69.0 Å². The number of halogens is 4. The molecule has 2 heterocycles. The zero-order chi connectivity index (χ0) is 23.2. The number of aromatic nitrogens is 2. The molecule has 0 radical (unpaired) electrons. The SMILES string of the molecule is C=C(c1ccc(Cl)c(Cc2nc3c(C)cc(C(C)(F)F)cc3n2C)c1Cl)N1CCOCC1. The monoisotopic (exact) mass is 479 g/mol. The second-order valence-corrected chi connectivity index (χ2v) is 9.03. The number of hydrogen-bond acceptors (Lipinski definition) is 3. The molecule has 8 heteroatoms. The topological polar surface area (TPSA) is 30.3 Å². The highest BCUT2D eigenvalue weighted by Gasteiger charge is 2.27. The van der Waals surface area contributed by atoms with E-state index in [9.17, 15) is 8.78 Å². The van der Waals surface area contributed by atoms with Crippen molar-refractivity contribution in [2.45, 2.75) is 26.2 Å². The fraction of sp³-hybridized carbons (Fsp3) is 0.375. The number of ether oxygens (including phenoxy) is 1. The van der Waals surface area contributed by atoms with Gasteiger partial charge in [-0.1, -0.05) is 29.8 Å². The molecule has 0 atom stereocenters. The average molecular weight is 480 g/mol. The summed E-state index contributed by atoms with van der Waals surface area (Å²) >= 11 is 13.3. The van der Waals surface area contributed by atoms with Crippen molar-refractivity contribution in [2.24, 2.45) is 7.05 Å². The van der Waals surface area contributed by atoms with Crippen LogP contribution in [0.4, 0.5) is 8.78 Å². The first-order chi connectivity index (χ1) is 15.1. The Balaban J connectivity index is 1.73. The van der Waals surface area contributed by atoms with Gasteiger partial charge >= 0.3 is 0 Å². The maximum Gasteiger partial charge on any atom is 0.270 e. The number of imidazole rings is 1. The van der Waals surface area contributed by atoms with E-state index in [1.54, 1.807) is 6.92 Å². The Bertz CT molecular complexity index is 1190. The highest BCUT2D eigenvalue weighted by atomic mass is 35.5. The zero-order valence-corrected chi connectivity index (χ0v) is 19.8. The molecule has 3 aromatic rings. The molecule has 0 unspecified atom stereocenters. The summed E-state index contributed by atoms with van der Waals surface area (Å²) in [5, 5.41) is 1.05. The van der Waals surface area contributed by atoms with Gasteiger partial charge in [0, 0.05) is 55.3 Å². The number of nitrogens with zero attached hydrogens (tertiary/aromatic N) is 3. The summed E-state index contributed by atoms with van der Waals surface area (Å²) in [6.07, 6.45) is 0.365. The number of morpholine rings is 1. The first-order valence-corrected chi connectivity index (χ1v) is 11.2.